The molecule has 0 aromatic carbocycles. The number of aliphatic hydroxyl groups is 4. The van der Waals surface area contributed by atoms with E-state index >= 15 is 0 Å². The minimum absolute atomic E-state index is 0. The Balaban J connectivity index is -0.000000980. The van der Waals surface area contributed by atoms with E-state index in [0.717, 1.165) is 6.92 Å². The summed E-state index contributed by atoms with van der Waals surface area (Å²) in [7, 11) is 0. The fraction of sp³-hybridized carbons (Fsp3) is 0.750. The van der Waals surface area contributed by atoms with Crippen LogP contribution >= 0.6 is 0 Å². The van der Waals surface area contributed by atoms with Crippen molar-refractivity contribution in [3.63, 3.8) is 0 Å². The maximum atomic E-state index is 10.6. The SMILES string of the molecule is CC(=O)N[C@H](C=O)[C@@H](O)[C@H](O)[C@H](O)CO.[H-].[K+]. The Morgan fingerprint density at radius 1 is 1.38 bits per heavy atom. The Hall–Kier alpha value is 0.616. The molecule has 1 amide bonds. The van der Waals surface area contributed by atoms with E-state index in [1.54, 1.807) is 0 Å². The number of carbonyl (C=O) groups is 2. The predicted molar refractivity (Wildman–Crippen MR) is 49.9 cm³/mol. The third kappa shape index (κ3) is 6.38. The first-order valence-electron chi connectivity index (χ1n) is 4.31. The molecule has 0 saturated heterocycles. The van der Waals surface area contributed by atoms with E-state index < -0.39 is 36.9 Å². The van der Waals surface area contributed by atoms with Crippen molar-refractivity contribution in [1.29, 1.82) is 0 Å². The molecule has 0 rings (SSSR count). The molecule has 16 heavy (non-hydrogen) atoms. The van der Waals surface area contributed by atoms with Crippen LogP contribution in [0, 0.1) is 0 Å². The number of aldehydes is 1. The molecule has 5 N–H and O–H groups in total. The van der Waals surface area contributed by atoms with Gasteiger partial charge in [0.25, 0.3) is 0 Å². The Morgan fingerprint density at radius 3 is 2.19 bits per heavy atom. The molecule has 0 spiro atoms. The summed E-state index contributed by atoms with van der Waals surface area (Å²) in [5.74, 6) is -0.558. The van der Waals surface area contributed by atoms with Gasteiger partial charge in [-0.3, -0.25) is 4.79 Å². The number of hydrogen-bond acceptors (Lipinski definition) is 6. The first-order valence-corrected chi connectivity index (χ1v) is 4.31. The van der Waals surface area contributed by atoms with Crippen molar-refractivity contribution in [2.45, 2.75) is 31.3 Å². The van der Waals surface area contributed by atoms with Gasteiger partial charge in [-0.2, -0.15) is 0 Å². The monoisotopic (exact) mass is 261 g/mol. The minimum Gasteiger partial charge on any atom is -1.00 e. The van der Waals surface area contributed by atoms with Gasteiger partial charge >= 0.3 is 51.4 Å². The van der Waals surface area contributed by atoms with Crippen LogP contribution in [0.25, 0.3) is 0 Å². The zero-order chi connectivity index (χ0) is 12.0. The van der Waals surface area contributed by atoms with Crippen molar-refractivity contribution < 1.29 is 82.8 Å². The molecule has 0 heterocycles. The van der Waals surface area contributed by atoms with Gasteiger partial charge in [-0.05, 0) is 0 Å². The van der Waals surface area contributed by atoms with Crippen molar-refractivity contribution >= 4 is 12.2 Å². The zero-order valence-corrected chi connectivity index (χ0v) is 12.3. The van der Waals surface area contributed by atoms with Crippen molar-refractivity contribution in [3.8, 4) is 0 Å². The topological polar surface area (TPSA) is 127 Å². The van der Waals surface area contributed by atoms with Gasteiger partial charge in [0.05, 0.1) is 6.61 Å². The molecule has 0 saturated carbocycles. The molecule has 0 aliphatic carbocycles. The largest absolute Gasteiger partial charge is 1.00 e. The second-order valence-electron chi connectivity index (χ2n) is 3.09. The number of nitrogens with one attached hydrogen (secondary N) is 1. The number of rotatable bonds is 6. The third-order valence-corrected chi connectivity index (χ3v) is 1.82. The first-order chi connectivity index (χ1) is 6.93. The van der Waals surface area contributed by atoms with E-state index in [-0.39, 0.29) is 59.1 Å². The van der Waals surface area contributed by atoms with Crippen molar-refractivity contribution in [1.82, 2.24) is 5.32 Å². The zero-order valence-electron chi connectivity index (χ0n) is 10.2. The van der Waals surface area contributed by atoms with E-state index in [4.69, 9.17) is 10.2 Å². The number of hydrogen-bond donors (Lipinski definition) is 5. The molecule has 0 radical (unpaired) electrons. The molecule has 7 nitrogen and oxygen atoms in total. The summed E-state index contributed by atoms with van der Waals surface area (Å²) in [5.41, 5.74) is 0. The average molecular weight is 261 g/mol. The molecule has 0 fully saturated rings. The van der Waals surface area contributed by atoms with Gasteiger partial charge in [-0.25, -0.2) is 0 Å². The maximum absolute atomic E-state index is 10.6. The molecule has 0 bridgehead atoms. The van der Waals surface area contributed by atoms with Gasteiger partial charge in [0.1, 0.15) is 30.6 Å². The number of carbonyl (C=O) groups excluding carboxylic acids is 2. The Kier molecular flexibility index (Phi) is 11.4. The molecule has 4 atom stereocenters. The van der Waals surface area contributed by atoms with Crippen LogP contribution in [-0.4, -0.2) is 63.6 Å². The molecular formula is C8H16KNO6. The van der Waals surface area contributed by atoms with E-state index in [9.17, 15) is 19.8 Å². The number of amides is 1. The summed E-state index contributed by atoms with van der Waals surface area (Å²) in [6.45, 7) is 0.377. The second kappa shape index (κ2) is 9.63. The quantitative estimate of drug-likeness (QED) is 0.239. The van der Waals surface area contributed by atoms with Crippen LogP contribution in [-0.2, 0) is 9.59 Å². The normalized spacial score (nSPS) is 17.6. The van der Waals surface area contributed by atoms with Gasteiger partial charge < -0.3 is 32.0 Å². The van der Waals surface area contributed by atoms with Gasteiger partial charge in [0.2, 0.25) is 5.91 Å². The molecular weight excluding hydrogens is 245 g/mol. The Labute approximate surface area is 137 Å². The van der Waals surface area contributed by atoms with E-state index in [2.05, 4.69) is 5.32 Å². The minimum atomic E-state index is -1.71. The summed E-state index contributed by atoms with van der Waals surface area (Å²) in [6.07, 6.45) is -4.72. The predicted octanol–water partition coefficient (Wildman–Crippen LogP) is -6.12. The van der Waals surface area contributed by atoms with Crippen LogP contribution in [0.15, 0.2) is 0 Å². The fourth-order valence-electron chi connectivity index (χ4n) is 0.983. The molecule has 0 aliphatic rings. The van der Waals surface area contributed by atoms with Gasteiger partial charge in [0, 0.05) is 6.92 Å². The Bertz CT molecular complexity index is 232. The van der Waals surface area contributed by atoms with Crippen LogP contribution in [0.4, 0.5) is 0 Å². The standard InChI is InChI=1S/C8H15NO6.K.H/c1-4(12)9-5(2-10)7(14)8(15)6(13)3-11;;/h2,5-8,11,13-15H,3H2,1H3,(H,9,12);;/q;+1;-1/t5-,6-,7-,8-;;/m1../s1. The molecule has 0 aromatic rings. The van der Waals surface area contributed by atoms with Crippen LogP contribution in [0.5, 0.6) is 0 Å². The Morgan fingerprint density at radius 2 is 1.88 bits per heavy atom. The molecule has 0 unspecified atom stereocenters. The average Bonchev–Trinajstić information content (AvgIpc) is 2.22. The van der Waals surface area contributed by atoms with Gasteiger partial charge in [-0.1, -0.05) is 0 Å². The number of aliphatic hydroxyl groups excluding tert-OH is 4. The van der Waals surface area contributed by atoms with E-state index in [1.165, 1.54) is 0 Å². The van der Waals surface area contributed by atoms with Gasteiger partial charge in [-0.15, -0.1) is 0 Å². The van der Waals surface area contributed by atoms with Crippen LogP contribution in [0.3, 0.4) is 0 Å². The summed E-state index contributed by atoms with van der Waals surface area (Å²) < 4.78 is 0. The fourth-order valence-corrected chi connectivity index (χ4v) is 0.983. The van der Waals surface area contributed by atoms with Crippen LogP contribution < -0.4 is 56.7 Å². The molecule has 0 aliphatic heterocycles. The summed E-state index contributed by atoms with van der Waals surface area (Å²) in [6, 6.07) is -1.32. The van der Waals surface area contributed by atoms with E-state index in [1.807, 2.05) is 0 Å². The smallest absolute Gasteiger partial charge is 1.00 e. The summed E-state index contributed by atoms with van der Waals surface area (Å²) >= 11 is 0. The molecule has 90 valence electrons. The van der Waals surface area contributed by atoms with E-state index in [0.29, 0.717) is 0 Å². The third-order valence-electron chi connectivity index (χ3n) is 1.82. The summed E-state index contributed by atoms with van der Waals surface area (Å²) in [5, 5.41) is 38.2. The maximum Gasteiger partial charge on any atom is 1.00 e. The molecule has 8 heteroatoms. The molecule has 0 aromatic heterocycles. The van der Waals surface area contributed by atoms with Crippen molar-refractivity contribution in [3.05, 3.63) is 0 Å². The first kappa shape index (κ1) is 19.0. The van der Waals surface area contributed by atoms with Crippen LogP contribution in [0.1, 0.15) is 8.35 Å². The van der Waals surface area contributed by atoms with Crippen LogP contribution in [0.2, 0.25) is 0 Å². The van der Waals surface area contributed by atoms with Crippen molar-refractivity contribution in [2.75, 3.05) is 6.61 Å². The van der Waals surface area contributed by atoms with Gasteiger partial charge in [0.15, 0.2) is 0 Å². The second-order valence-corrected chi connectivity index (χ2v) is 3.09. The summed E-state index contributed by atoms with van der Waals surface area (Å²) in [4.78, 5) is 21.1. The van der Waals surface area contributed by atoms with Crippen molar-refractivity contribution in [2.24, 2.45) is 0 Å².